The summed E-state index contributed by atoms with van der Waals surface area (Å²) in [5.74, 6) is 1.01. The van der Waals surface area contributed by atoms with Gasteiger partial charge in [0.05, 0.1) is 13.2 Å². The maximum absolute atomic E-state index is 12.0. The van der Waals surface area contributed by atoms with E-state index < -0.39 is 0 Å². The Morgan fingerprint density at radius 2 is 2.17 bits per heavy atom. The SMILES string of the molecule is COc1cccc(C2C(N)CC(=O)N2C2CC2)c1. The van der Waals surface area contributed by atoms with Crippen molar-refractivity contribution in [3.8, 4) is 5.75 Å². The monoisotopic (exact) mass is 246 g/mol. The number of methoxy groups -OCH3 is 1. The number of nitrogens with zero attached hydrogens (tertiary/aromatic N) is 1. The average Bonchev–Trinajstić information content (AvgIpc) is 3.15. The number of hydrogen-bond donors (Lipinski definition) is 1. The summed E-state index contributed by atoms with van der Waals surface area (Å²) in [6, 6.07) is 8.19. The van der Waals surface area contributed by atoms with Crippen LogP contribution >= 0.6 is 0 Å². The molecule has 2 atom stereocenters. The van der Waals surface area contributed by atoms with Gasteiger partial charge in [0.25, 0.3) is 0 Å². The first-order chi connectivity index (χ1) is 8.70. The lowest BCUT2D eigenvalue weighted by Gasteiger charge is -2.27. The molecule has 0 radical (unpaired) electrons. The molecule has 1 heterocycles. The lowest BCUT2D eigenvalue weighted by molar-refractivity contribution is -0.129. The van der Waals surface area contributed by atoms with E-state index in [1.165, 1.54) is 0 Å². The molecule has 3 rings (SSSR count). The van der Waals surface area contributed by atoms with E-state index in [1.54, 1.807) is 7.11 Å². The van der Waals surface area contributed by atoms with E-state index in [4.69, 9.17) is 10.5 Å². The van der Waals surface area contributed by atoms with Gasteiger partial charge in [-0.15, -0.1) is 0 Å². The third-order valence-corrected chi connectivity index (χ3v) is 3.78. The molecular weight excluding hydrogens is 228 g/mol. The highest BCUT2D eigenvalue weighted by Crippen LogP contribution is 2.41. The lowest BCUT2D eigenvalue weighted by Crippen LogP contribution is -2.34. The summed E-state index contributed by atoms with van der Waals surface area (Å²) in [5, 5.41) is 0. The Balaban J connectivity index is 1.94. The maximum Gasteiger partial charge on any atom is 0.225 e. The highest BCUT2D eigenvalue weighted by atomic mass is 16.5. The fraction of sp³-hybridized carbons (Fsp3) is 0.500. The minimum atomic E-state index is -0.106. The van der Waals surface area contributed by atoms with Crippen molar-refractivity contribution in [3.63, 3.8) is 0 Å². The summed E-state index contributed by atoms with van der Waals surface area (Å²) in [7, 11) is 1.65. The van der Waals surface area contributed by atoms with Gasteiger partial charge in [-0.25, -0.2) is 0 Å². The molecule has 2 N–H and O–H groups in total. The summed E-state index contributed by atoms with van der Waals surface area (Å²) >= 11 is 0. The van der Waals surface area contributed by atoms with Crippen molar-refractivity contribution >= 4 is 5.91 Å². The second-order valence-corrected chi connectivity index (χ2v) is 5.12. The normalized spacial score (nSPS) is 27.7. The van der Waals surface area contributed by atoms with Crippen LogP contribution in [-0.2, 0) is 4.79 Å². The minimum Gasteiger partial charge on any atom is -0.497 e. The van der Waals surface area contributed by atoms with Gasteiger partial charge >= 0.3 is 0 Å². The summed E-state index contributed by atoms with van der Waals surface area (Å²) < 4.78 is 5.24. The van der Waals surface area contributed by atoms with Crippen molar-refractivity contribution < 1.29 is 9.53 Å². The Morgan fingerprint density at radius 1 is 1.39 bits per heavy atom. The predicted octanol–water partition coefficient (Wildman–Crippen LogP) is 1.46. The van der Waals surface area contributed by atoms with Crippen LogP contribution in [0.4, 0.5) is 0 Å². The summed E-state index contributed by atoms with van der Waals surface area (Å²) in [6.07, 6.45) is 2.68. The van der Waals surface area contributed by atoms with Crippen molar-refractivity contribution in [3.05, 3.63) is 29.8 Å². The number of nitrogens with two attached hydrogens (primary N) is 1. The zero-order valence-electron chi connectivity index (χ0n) is 10.5. The van der Waals surface area contributed by atoms with Gasteiger partial charge in [-0.3, -0.25) is 4.79 Å². The van der Waals surface area contributed by atoms with Crippen LogP contribution in [0.25, 0.3) is 0 Å². The summed E-state index contributed by atoms with van der Waals surface area (Å²) in [4.78, 5) is 14.0. The fourth-order valence-electron chi connectivity index (χ4n) is 2.80. The molecular formula is C14H18N2O2. The quantitative estimate of drug-likeness (QED) is 0.878. The molecule has 1 aromatic rings. The molecule has 2 aliphatic rings. The first-order valence-corrected chi connectivity index (χ1v) is 6.41. The molecule has 0 bridgehead atoms. The minimum absolute atomic E-state index is 0.0140. The van der Waals surface area contributed by atoms with E-state index in [0.717, 1.165) is 24.2 Å². The highest BCUT2D eigenvalue weighted by molar-refractivity contribution is 5.81. The van der Waals surface area contributed by atoms with Crippen molar-refractivity contribution in [1.82, 2.24) is 4.90 Å². The van der Waals surface area contributed by atoms with E-state index >= 15 is 0 Å². The molecule has 1 saturated carbocycles. The van der Waals surface area contributed by atoms with Crippen LogP contribution in [-0.4, -0.2) is 30.0 Å². The largest absolute Gasteiger partial charge is 0.497 e. The van der Waals surface area contributed by atoms with Crippen molar-refractivity contribution in [2.75, 3.05) is 7.11 Å². The van der Waals surface area contributed by atoms with Crippen LogP contribution in [0.1, 0.15) is 30.9 Å². The third-order valence-electron chi connectivity index (χ3n) is 3.78. The van der Waals surface area contributed by atoms with E-state index in [1.807, 2.05) is 29.2 Å². The molecule has 4 nitrogen and oxygen atoms in total. The predicted molar refractivity (Wildman–Crippen MR) is 68.2 cm³/mol. The van der Waals surface area contributed by atoms with Gasteiger partial charge in [0.15, 0.2) is 0 Å². The first-order valence-electron chi connectivity index (χ1n) is 6.41. The Hall–Kier alpha value is -1.55. The van der Waals surface area contributed by atoms with Crippen LogP contribution in [0.15, 0.2) is 24.3 Å². The molecule has 2 fully saturated rings. The van der Waals surface area contributed by atoms with E-state index in [0.29, 0.717) is 12.5 Å². The summed E-state index contributed by atoms with van der Waals surface area (Å²) in [6.45, 7) is 0. The number of rotatable bonds is 3. The lowest BCUT2D eigenvalue weighted by atomic mass is 10.0. The second kappa shape index (κ2) is 4.28. The molecule has 1 saturated heterocycles. The smallest absolute Gasteiger partial charge is 0.225 e. The van der Waals surface area contributed by atoms with Gasteiger partial charge in [-0.2, -0.15) is 0 Å². The van der Waals surface area contributed by atoms with E-state index in [-0.39, 0.29) is 18.0 Å². The Labute approximate surface area is 107 Å². The molecule has 2 unspecified atom stereocenters. The molecule has 0 aromatic heterocycles. The van der Waals surface area contributed by atoms with Gasteiger partial charge in [0.2, 0.25) is 5.91 Å². The Bertz CT molecular complexity index is 471. The van der Waals surface area contributed by atoms with Gasteiger partial charge in [0, 0.05) is 18.5 Å². The third kappa shape index (κ3) is 1.86. The second-order valence-electron chi connectivity index (χ2n) is 5.12. The van der Waals surface area contributed by atoms with E-state index in [9.17, 15) is 4.79 Å². The molecule has 1 aliphatic carbocycles. The first kappa shape index (κ1) is 11.5. The molecule has 1 aromatic carbocycles. The molecule has 1 amide bonds. The van der Waals surface area contributed by atoms with Gasteiger partial charge < -0.3 is 15.4 Å². The number of carbonyl (C=O) groups excluding carboxylic acids is 1. The van der Waals surface area contributed by atoms with Gasteiger partial charge in [-0.05, 0) is 30.5 Å². The van der Waals surface area contributed by atoms with Gasteiger partial charge in [0.1, 0.15) is 5.75 Å². The number of ether oxygens (including phenoxy) is 1. The fourth-order valence-corrected chi connectivity index (χ4v) is 2.80. The molecule has 0 spiro atoms. The van der Waals surface area contributed by atoms with Crippen LogP contribution in [0.5, 0.6) is 5.75 Å². The number of hydrogen-bond acceptors (Lipinski definition) is 3. The van der Waals surface area contributed by atoms with Crippen LogP contribution < -0.4 is 10.5 Å². The number of amides is 1. The summed E-state index contributed by atoms with van der Waals surface area (Å²) in [5.41, 5.74) is 7.23. The number of likely N-dealkylation sites (tertiary alicyclic amines) is 1. The molecule has 1 aliphatic heterocycles. The standard InChI is InChI=1S/C14H18N2O2/c1-18-11-4-2-3-9(7-11)14-12(15)8-13(17)16(14)10-5-6-10/h2-4,7,10,12,14H,5-6,8,15H2,1H3. The maximum atomic E-state index is 12.0. The Kier molecular flexibility index (Phi) is 2.74. The zero-order chi connectivity index (χ0) is 12.7. The van der Waals surface area contributed by atoms with E-state index in [2.05, 4.69) is 0 Å². The van der Waals surface area contributed by atoms with Crippen molar-refractivity contribution in [2.24, 2.45) is 5.73 Å². The topological polar surface area (TPSA) is 55.6 Å². The van der Waals surface area contributed by atoms with Gasteiger partial charge in [-0.1, -0.05) is 12.1 Å². The van der Waals surface area contributed by atoms with Crippen LogP contribution in [0, 0.1) is 0 Å². The molecule has 18 heavy (non-hydrogen) atoms. The van der Waals surface area contributed by atoms with Crippen molar-refractivity contribution in [1.29, 1.82) is 0 Å². The van der Waals surface area contributed by atoms with Crippen molar-refractivity contribution in [2.45, 2.75) is 37.4 Å². The van der Waals surface area contributed by atoms with Crippen LogP contribution in [0.3, 0.4) is 0 Å². The molecule has 4 heteroatoms. The average molecular weight is 246 g/mol. The zero-order valence-corrected chi connectivity index (χ0v) is 10.5. The van der Waals surface area contributed by atoms with Crippen LogP contribution in [0.2, 0.25) is 0 Å². The highest BCUT2D eigenvalue weighted by Gasteiger charge is 2.45. The Morgan fingerprint density at radius 3 is 2.83 bits per heavy atom. The molecule has 96 valence electrons. The number of carbonyl (C=O) groups is 1. The number of benzene rings is 1.